The Morgan fingerprint density at radius 2 is 2.08 bits per heavy atom. The van der Waals surface area contributed by atoms with E-state index in [4.69, 9.17) is 0 Å². The highest BCUT2D eigenvalue weighted by atomic mass is 15.1. The maximum Gasteiger partial charge on any atom is -0.00161 e. The minimum atomic E-state index is 0.861. The summed E-state index contributed by atoms with van der Waals surface area (Å²) in [6.45, 7) is 6.99. The van der Waals surface area contributed by atoms with Crippen LogP contribution in [-0.2, 0) is 0 Å². The zero-order valence-corrected chi connectivity index (χ0v) is 8.64. The van der Waals surface area contributed by atoms with E-state index in [1.807, 2.05) is 0 Å². The fourth-order valence-corrected chi connectivity index (χ4v) is 1.93. The van der Waals surface area contributed by atoms with Crippen LogP contribution in [0.3, 0.4) is 0 Å². The molecule has 1 heterocycles. The molecule has 1 aliphatic rings. The summed E-state index contributed by atoms with van der Waals surface area (Å²) in [5, 5.41) is 0. The summed E-state index contributed by atoms with van der Waals surface area (Å²) in [6.07, 6.45) is 6.38. The van der Waals surface area contributed by atoms with Gasteiger partial charge in [0.05, 0.1) is 0 Å². The molecule has 1 saturated heterocycles. The minimum absolute atomic E-state index is 0.861. The van der Waals surface area contributed by atoms with Crippen molar-refractivity contribution in [1.29, 1.82) is 0 Å². The fourth-order valence-electron chi connectivity index (χ4n) is 1.93. The molecule has 1 rings (SSSR count). The summed E-state index contributed by atoms with van der Waals surface area (Å²) < 4.78 is 0. The van der Waals surface area contributed by atoms with Crippen LogP contribution in [0.1, 0.15) is 33.1 Å². The van der Waals surface area contributed by atoms with Crippen LogP contribution in [0.5, 0.6) is 0 Å². The molecule has 0 saturated carbocycles. The van der Waals surface area contributed by atoms with Crippen LogP contribution in [-0.4, -0.2) is 25.0 Å². The Kier molecular flexibility index (Phi) is 3.80. The SMILES string of the molecule is C/C=C(\C)C1CCCN(C)CC1. The van der Waals surface area contributed by atoms with Crippen LogP contribution in [0.25, 0.3) is 0 Å². The van der Waals surface area contributed by atoms with Crippen molar-refractivity contribution < 1.29 is 0 Å². The van der Waals surface area contributed by atoms with E-state index < -0.39 is 0 Å². The number of likely N-dealkylation sites (tertiary alicyclic amines) is 1. The third kappa shape index (κ3) is 2.63. The van der Waals surface area contributed by atoms with E-state index in [-0.39, 0.29) is 0 Å². The van der Waals surface area contributed by atoms with E-state index in [1.54, 1.807) is 5.57 Å². The summed E-state index contributed by atoms with van der Waals surface area (Å²) >= 11 is 0. The Labute approximate surface area is 76.5 Å². The first kappa shape index (κ1) is 9.79. The van der Waals surface area contributed by atoms with Crippen molar-refractivity contribution >= 4 is 0 Å². The molecule has 0 radical (unpaired) electrons. The van der Waals surface area contributed by atoms with Crippen molar-refractivity contribution in [2.45, 2.75) is 33.1 Å². The smallest absolute Gasteiger partial charge is 0.00161 e. The van der Waals surface area contributed by atoms with Gasteiger partial charge >= 0.3 is 0 Å². The average molecular weight is 167 g/mol. The Hall–Kier alpha value is -0.300. The molecule has 0 aromatic rings. The number of hydrogen-bond donors (Lipinski definition) is 0. The van der Waals surface area contributed by atoms with Crippen LogP contribution >= 0.6 is 0 Å². The zero-order valence-electron chi connectivity index (χ0n) is 8.64. The number of allylic oxidation sites excluding steroid dienone is 2. The van der Waals surface area contributed by atoms with Crippen molar-refractivity contribution in [3.8, 4) is 0 Å². The van der Waals surface area contributed by atoms with Gasteiger partial charge in [-0.2, -0.15) is 0 Å². The molecule has 1 nitrogen and oxygen atoms in total. The second-order valence-corrected chi connectivity index (χ2v) is 3.96. The van der Waals surface area contributed by atoms with Crippen molar-refractivity contribution in [3.05, 3.63) is 11.6 Å². The Bertz CT molecular complexity index is 160. The molecule has 0 spiro atoms. The van der Waals surface area contributed by atoms with E-state index >= 15 is 0 Å². The van der Waals surface area contributed by atoms with Gasteiger partial charge in [0.15, 0.2) is 0 Å². The predicted octanol–water partition coefficient (Wildman–Crippen LogP) is 2.68. The van der Waals surface area contributed by atoms with Crippen molar-refractivity contribution in [2.24, 2.45) is 5.92 Å². The highest BCUT2D eigenvalue weighted by Gasteiger charge is 2.15. The zero-order chi connectivity index (χ0) is 8.97. The lowest BCUT2D eigenvalue weighted by Crippen LogP contribution is -2.18. The van der Waals surface area contributed by atoms with E-state index in [0.717, 1.165) is 5.92 Å². The molecule has 70 valence electrons. The van der Waals surface area contributed by atoms with Crippen molar-refractivity contribution in [2.75, 3.05) is 20.1 Å². The molecule has 1 unspecified atom stereocenters. The third-order valence-electron chi connectivity index (χ3n) is 3.05. The molecular formula is C11H21N. The Balaban J connectivity index is 2.46. The highest BCUT2D eigenvalue weighted by molar-refractivity contribution is 5.02. The van der Waals surface area contributed by atoms with Gasteiger partial charge in [-0.1, -0.05) is 11.6 Å². The first-order valence-electron chi connectivity index (χ1n) is 5.05. The summed E-state index contributed by atoms with van der Waals surface area (Å²) in [6, 6.07) is 0. The van der Waals surface area contributed by atoms with Gasteiger partial charge < -0.3 is 4.90 Å². The Morgan fingerprint density at radius 3 is 2.75 bits per heavy atom. The lowest BCUT2D eigenvalue weighted by molar-refractivity contribution is 0.345. The van der Waals surface area contributed by atoms with Gasteiger partial charge in [0.2, 0.25) is 0 Å². The topological polar surface area (TPSA) is 3.24 Å². The van der Waals surface area contributed by atoms with Crippen LogP contribution in [0.15, 0.2) is 11.6 Å². The van der Waals surface area contributed by atoms with Crippen LogP contribution in [0.4, 0.5) is 0 Å². The van der Waals surface area contributed by atoms with E-state index in [9.17, 15) is 0 Å². The van der Waals surface area contributed by atoms with Crippen molar-refractivity contribution in [1.82, 2.24) is 4.90 Å². The van der Waals surface area contributed by atoms with Gasteiger partial charge in [-0.3, -0.25) is 0 Å². The van der Waals surface area contributed by atoms with Gasteiger partial charge in [-0.15, -0.1) is 0 Å². The average Bonchev–Trinajstić information content (AvgIpc) is 2.29. The molecule has 12 heavy (non-hydrogen) atoms. The molecule has 1 aliphatic heterocycles. The maximum absolute atomic E-state index is 2.45. The number of nitrogens with zero attached hydrogens (tertiary/aromatic N) is 1. The standard InChI is InChI=1S/C11H21N/c1-4-10(2)11-6-5-8-12(3)9-7-11/h4,11H,5-9H2,1-3H3/b10-4+. The minimum Gasteiger partial charge on any atom is -0.306 e. The summed E-state index contributed by atoms with van der Waals surface area (Å²) in [5.41, 5.74) is 1.59. The Morgan fingerprint density at radius 1 is 1.33 bits per heavy atom. The molecule has 1 heteroatoms. The van der Waals surface area contributed by atoms with Gasteiger partial charge in [0.1, 0.15) is 0 Å². The first-order chi connectivity index (χ1) is 5.74. The lowest BCUT2D eigenvalue weighted by Gasteiger charge is -2.15. The quantitative estimate of drug-likeness (QED) is 0.543. The van der Waals surface area contributed by atoms with E-state index in [1.165, 1.54) is 32.4 Å². The lowest BCUT2D eigenvalue weighted by atomic mass is 9.93. The monoisotopic (exact) mass is 167 g/mol. The van der Waals surface area contributed by atoms with Crippen molar-refractivity contribution in [3.63, 3.8) is 0 Å². The summed E-state index contributed by atoms with van der Waals surface area (Å²) in [4.78, 5) is 2.45. The molecular weight excluding hydrogens is 146 g/mol. The molecule has 0 aliphatic carbocycles. The summed E-state index contributed by atoms with van der Waals surface area (Å²) in [7, 11) is 2.23. The van der Waals surface area contributed by atoms with Crippen LogP contribution in [0, 0.1) is 5.92 Å². The third-order valence-corrected chi connectivity index (χ3v) is 3.05. The molecule has 0 N–H and O–H groups in total. The number of hydrogen-bond acceptors (Lipinski definition) is 1. The number of rotatable bonds is 1. The molecule has 0 amide bonds. The van der Waals surface area contributed by atoms with Gasteiger partial charge in [0.25, 0.3) is 0 Å². The first-order valence-corrected chi connectivity index (χ1v) is 5.05. The molecule has 0 aromatic carbocycles. The highest BCUT2D eigenvalue weighted by Crippen LogP contribution is 2.23. The maximum atomic E-state index is 2.45. The summed E-state index contributed by atoms with van der Waals surface area (Å²) in [5.74, 6) is 0.861. The van der Waals surface area contributed by atoms with Gasteiger partial charge in [-0.05, 0) is 59.2 Å². The molecule has 0 bridgehead atoms. The predicted molar refractivity (Wildman–Crippen MR) is 54.3 cm³/mol. The van der Waals surface area contributed by atoms with E-state index in [0.29, 0.717) is 0 Å². The van der Waals surface area contributed by atoms with Crippen LogP contribution < -0.4 is 0 Å². The van der Waals surface area contributed by atoms with Gasteiger partial charge in [-0.25, -0.2) is 0 Å². The second-order valence-electron chi connectivity index (χ2n) is 3.96. The molecule has 1 fully saturated rings. The van der Waals surface area contributed by atoms with E-state index in [2.05, 4.69) is 31.9 Å². The van der Waals surface area contributed by atoms with Crippen LogP contribution in [0.2, 0.25) is 0 Å². The fraction of sp³-hybridized carbons (Fsp3) is 0.818. The molecule has 1 atom stereocenters. The van der Waals surface area contributed by atoms with Gasteiger partial charge in [0, 0.05) is 0 Å². The normalized spacial score (nSPS) is 28.6. The second kappa shape index (κ2) is 4.66. The molecule has 0 aromatic heterocycles. The largest absolute Gasteiger partial charge is 0.306 e.